The summed E-state index contributed by atoms with van der Waals surface area (Å²) in [6.45, 7) is 1.62. The largest absolute Gasteiger partial charge is 0.496 e. The van der Waals surface area contributed by atoms with Gasteiger partial charge in [0, 0.05) is 12.0 Å². The number of carboxylic acid groups (broad SMARTS) is 1. The minimum atomic E-state index is -0.894. The van der Waals surface area contributed by atoms with Crippen molar-refractivity contribution in [2.24, 2.45) is 0 Å². The number of hydrogen-bond acceptors (Lipinski definition) is 2. The molecule has 0 amide bonds. The molecule has 0 unspecified atom stereocenters. The molecule has 3 nitrogen and oxygen atoms in total. The molecule has 1 aromatic rings. The number of carboxylic acids is 1. The molecule has 0 aromatic heterocycles. The number of methoxy groups -OCH3 is 1. The summed E-state index contributed by atoms with van der Waals surface area (Å²) in [5.74, 6) is -0.805. The maximum atomic E-state index is 13.3. The summed E-state index contributed by atoms with van der Waals surface area (Å²) in [5.41, 5.74) is 1.08. The lowest BCUT2D eigenvalue weighted by molar-refractivity contribution is -0.136. The predicted molar refractivity (Wildman–Crippen MR) is 53.6 cm³/mol. The first-order valence-corrected chi connectivity index (χ1v) is 4.59. The smallest absolute Gasteiger partial charge is 0.303 e. The van der Waals surface area contributed by atoms with Crippen molar-refractivity contribution < 1.29 is 19.0 Å². The van der Waals surface area contributed by atoms with E-state index in [1.54, 1.807) is 13.0 Å². The molecular weight excluding hydrogens is 199 g/mol. The summed E-state index contributed by atoms with van der Waals surface area (Å²) in [5, 5.41) is 8.50. The third-order valence-electron chi connectivity index (χ3n) is 2.20. The van der Waals surface area contributed by atoms with Crippen LogP contribution in [0.2, 0.25) is 0 Å². The number of halogens is 1. The van der Waals surface area contributed by atoms with Crippen LogP contribution in [0.25, 0.3) is 0 Å². The summed E-state index contributed by atoms with van der Waals surface area (Å²) in [7, 11) is 1.46. The van der Waals surface area contributed by atoms with E-state index in [2.05, 4.69) is 0 Å². The van der Waals surface area contributed by atoms with Gasteiger partial charge in [0.15, 0.2) is 0 Å². The van der Waals surface area contributed by atoms with Gasteiger partial charge in [0.1, 0.15) is 11.6 Å². The van der Waals surface area contributed by atoms with Crippen molar-refractivity contribution in [3.05, 3.63) is 29.1 Å². The second-order valence-electron chi connectivity index (χ2n) is 3.30. The molecule has 4 heteroatoms. The van der Waals surface area contributed by atoms with E-state index < -0.39 is 5.97 Å². The highest BCUT2D eigenvalue weighted by atomic mass is 19.1. The third-order valence-corrected chi connectivity index (χ3v) is 2.20. The summed E-state index contributed by atoms with van der Waals surface area (Å²) >= 11 is 0. The first-order valence-electron chi connectivity index (χ1n) is 4.59. The second kappa shape index (κ2) is 4.77. The lowest BCUT2D eigenvalue weighted by Gasteiger charge is -2.08. The van der Waals surface area contributed by atoms with Crippen molar-refractivity contribution in [3.8, 4) is 5.75 Å². The Morgan fingerprint density at radius 1 is 1.53 bits per heavy atom. The maximum Gasteiger partial charge on any atom is 0.303 e. The summed E-state index contributed by atoms with van der Waals surface area (Å²) < 4.78 is 18.3. The van der Waals surface area contributed by atoms with E-state index in [0.717, 1.165) is 0 Å². The highest BCUT2D eigenvalue weighted by Crippen LogP contribution is 2.23. The average molecular weight is 212 g/mol. The Bertz CT molecular complexity index is 374. The van der Waals surface area contributed by atoms with Gasteiger partial charge in [0.25, 0.3) is 0 Å². The van der Waals surface area contributed by atoms with E-state index in [9.17, 15) is 9.18 Å². The molecule has 0 heterocycles. The summed E-state index contributed by atoms with van der Waals surface area (Å²) in [6.07, 6.45) is 0.300. The van der Waals surface area contributed by atoms with Crippen molar-refractivity contribution in [3.63, 3.8) is 0 Å². The SMILES string of the molecule is COc1cc(CCC(=O)O)cc(F)c1C. The van der Waals surface area contributed by atoms with Crippen LogP contribution in [0.3, 0.4) is 0 Å². The standard InChI is InChI=1S/C11H13FO3/c1-7-9(12)5-8(3-4-11(13)14)6-10(7)15-2/h5-6H,3-4H2,1-2H3,(H,13,14). The zero-order valence-electron chi connectivity index (χ0n) is 8.71. The number of hydrogen-bond donors (Lipinski definition) is 1. The van der Waals surface area contributed by atoms with Crippen LogP contribution in [-0.4, -0.2) is 18.2 Å². The van der Waals surface area contributed by atoms with Crippen molar-refractivity contribution in [2.45, 2.75) is 19.8 Å². The molecule has 0 saturated carbocycles. The Morgan fingerprint density at radius 2 is 2.20 bits per heavy atom. The van der Waals surface area contributed by atoms with E-state index >= 15 is 0 Å². The number of aliphatic carboxylic acids is 1. The highest BCUT2D eigenvalue weighted by Gasteiger charge is 2.08. The molecule has 0 radical (unpaired) electrons. The number of carbonyl (C=O) groups is 1. The normalized spacial score (nSPS) is 10.1. The van der Waals surface area contributed by atoms with E-state index in [0.29, 0.717) is 23.3 Å². The molecule has 1 aromatic carbocycles. The number of benzene rings is 1. The molecule has 0 bridgehead atoms. The Kier molecular flexibility index (Phi) is 3.66. The van der Waals surface area contributed by atoms with Crippen LogP contribution >= 0.6 is 0 Å². The fourth-order valence-electron chi connectivity index (χ4n) is 1.31. The molecule has 15 heavy (non-hydrogen) atoms. The number of aryl methyl sites for hydroxylation is 1. The van der Waals surface area contributed by atoms with Gasteiger partial charge >= 0.3 is 5.97 Å². The van der Waals surface area contributed by atoms with Crippen LogP contribution in [0.4, 0.5) is 4.39 Å². The molecule has 82 valence electrons. The quantitative estimate of drug-likeness (QED) is 0.831. The van der Waals surface area contributed by atoms with Gasteiger partial charge in [-0.1, -0.05) is 0 Å². The minimum Gasteiger partial charge on any atom is -0.496 e. The number of rotatable bonds is 4. The molecule has 0 spiro atoms. The molecule has 1 rings (SSSR count). The van der Waals surface area contributed by atoms with Crippen LogP contribution in [0.1, 0.15) is 17.5 Å². The van der Waals surface area contributed by atoms with E-state index in [1.165, 1.54) is 13.2 Å². The average Bonchev–Trinajstić information content (AvgIpc) is 2.19. The molecule has 0 atom stereocenters. The zero-order chi connectivity index (χ0) is 11.4. The first-order chi connectivity index (χ1) is 7.04. The monoisotopic (exact) mass is 212 g/mol. The summed E-state index contributed by atoms with van der Waals surface area (Å²) in [4.78, 5) is 10.4. The maximum absolute atomic E-state index is 13.3. The van der Waals surface area contributed by atoms with Crippen molar-refractivity contribution in [1.82, 2.24) is 0 Å². The van der Waals surface area contributed by atoms with Gasteiger partial charge in [-0.3, -0.25) is 4.79 Å². The van der Waals surface area contributed by atoms with Crippen LogP contribution in [-0.2, 0) is 11.2 Å². The summed E-state index contributed by atoms with van der Waals surface area (Å²) in [6, 6.07) is 3.02. The van der Waals surface area contributed by atoms with Crippen LogP contribution in [0, 0.1) is 12.7 Å². The molecule has 0 saturated heterocycles. The number of ether oxygens (including phenoxy) is 1. The van der Waals surface area contributed by atoms with E-state index in [4.69, 9.17) is 9.84 Å². The molecule has 0 aliphatic heterocycles. The molecule has 0 aliphatic carbocycles. The van der Waals surface area contributed by atoms with Gasteiger partial charge in [0.2, 0.25) is 0 Å². The molecular formula is C11H13FO3. The molecule has 0 fully saturated rings. The van der Waals surface area contributed by atoms with Crippen molar-refractivity contribution >= 4 is 5.97 Å². The zero-order valence-corrected chi connectivity index (χ0v) is 8.71. The Labute approximate surface area is 87.5 Å². The van der Waals surface area contributed by atoms with E-state index in [-0.39, 0.29) is 12.2 Å². The topological polar surface area (TPSA) is 46.5 Å². The van der Waals surface area contributed by atoms with Crippen LogP contribution in [0.5, 0.6) is 5.75 Å². The third kappa shape index (κ3) is 2.94. The first kappa shape index (κ1) is 11.5. The minimum absolute atomic E-state index is 0.00828. The van der Waals surface area contributed by atoms with Crippen molar-refractivity contribution in [1.29, 1.82) is 0 Å². The van der Waals surface area contributed by atoms with Gasteiger partial charge in [-0.25, -0.2) is 4.39 Å². The predicted octanol–water partition coefficient (Wildman–Crippen LogP) is 2.16. The molecule has 1 N–H and O–H groups in total. The fourth-order valence-corrected chi connectivity index (χ4v) is 1.31. The van der Waals surface area contributed by atoms with Gasteiger partial charge in [-0.15, -0.1) is 0 Å². The lowest BCUT2D eigenvalue weighted by Crippen LogP contribution is -1.99. The van der Waals surface area contributed by atoms with Gasteiger partial charge in [-0.2, -0.15) is 0 Å². The van der Waals surface area contributed by atoms with Crippen molar-refractivity contribution in [2.75, 3.05) is 7.11 Å². The lowest BCUT2D eigenvalue weighted by atomic mass is 10.1. The fraction of sp³-hybridized carbons (Fsp3) is 0.364. The van der Waals surface area contributed by atoms with Gasteiger partial charge in [0.05, 0.1) is 7.11 Å². The highest BCUT2D eigenvalue weighted by molar-refractivity contribution is 5.67. The molecule has 0 aliphatic rings. The Balaban J connectivity index is 2.90. The van der Waals surface area contributed by atoms with Crippen LogP contribution < -0.4 is 4.74 Å². The van der Waals surface area contributed by atoms with Crippen LogP contribution in [0.15, 0.2) is 12.1 Å². The van der Waals surface area contributed by atoms with Gasteiger partial charge < -0.3 is 9.84 Å². The Hall–Kier alpha value is -1.58. The Morgan fingerprint density at radius 3 is 2.73 bits per heavy atom. The van der Waals surface area contributed by atoms with E-state index in [1.807, 2.05) is 0 Å². The van der Waals surface area contributed by atoms with Gasteiger partial charge in [-0.05, 0) is 31.0 Å². The second-order valence-corrected chi connectivity index (χ2v) is 3.30.